The Labute approximate surface area is 147 Å². The summed E-state index contributed by atoms with van der Waals surface area (Å²) in [7, 11) is 0. The van der Waals surface area contributed by atoms with Crippen molar-refractivity contribution in [2.75, 3.05) is 13.2 Å². The second-order valence-electron chi connectivity index (χ2n) is 6.23. The van der Waals surface area contributed by atoms with Crippen LogP contribution in [0, 0.1) is 17.6 Å². The summed E-state index contributed by atoms with van der Waals surface area (Å²) in [6.45, 7) is 3.42. The predicted molar refractivity (Wildman–Crippen MR) is 94.0 cm³/mol. The monoisotopic (exact) mass is 344 g/mol. The molecule has 1 aliphatic heterocycles. The zero-order chi connectivity index (χ0) is 17.6. The van der Waals surface area contributed by atoms with Crippen molar-refractivity contribution in [2.24, 2.45) is 5.92 Å². The first kappa shape index (κ1) is 17.8. The summed E-state index contributed by atoms with van der Waals surface area (Å²) in [6, 6.07) is 11.4. The van der Waals surface area contributed by atoms with E-state index in [1.165, 1.54) is 6.07 Å². The molecule has 1 aliphatic rings. The van der Waals surface area contributed by atoms with E-state index in [0.29, 0.717) is 24.7 Å². The van der Waals surface area contributed by atoms with Crippen molar-refractivity contribution < 1.29 is 18.3 Å². The smallest absolute Gasteiger partial charge is 0.183 e. The highest BCUT2D eigenvalue weighted by Gasteiger charge is 2.22. The molecule has 3 rings (SSSR count). The summed E-state index contributed by atoms with van der Waals surface area (Å²) in [6.07, 6.45) is 6.17. The maximum absolute atomic E-state index is 13.4. The number of halogens is 2. The minimum Gasteiger partial charge on any atom is -0.348 e. The summed E-state index contributed by atoms with van der Waals surface area (Å²) < 4.78 is 38.0. The zero-order valence-corrected chi connectivity index (χ0v) is 14.3. The van der Waals surface area contributed by atoms with Crippen molar-refractivity contribution in [3.05, 3.63) is 71.8 Å². The highest BCUT2D eigenvalue weighted by atomic mass is 19.2. The average Bonchev–Trinajstić information content (AvgIpc) is 2.65. The Balaban J connectivity index is 1.62. The molecular formula is C21H22F2O2. The van der Waals surface area contributed by atoms with E-state index >= 15 is 0 Å². The quantitative estimate of drug-likeness (QED) is 0.653. The number of allylic oxidation sites excluding steroid dienone is 1. The molecule has 0 spiro atoms. The van der Waals surface area contributed by atoms with Gasteiger partial charge in [-0.2, -0.15) is 0 Å². The molecule has 0 N–H and O–H groups in total. The number of hydrogen-bond donors (Lipinski definition) is 0. The van der Waals surface area contributed by atoms with Gasteiger partial charge in [-0.25, -0.2) is 8.78 Å². The fourth-order valence-electron chi connectivity index (χ4n) is 2.79. The average molecular weight is 344 g/mol. The highest BCUT2D eigenvalue weighted by molar-refractivity contribution is 5.63. The molecule has 0 unspecified atom stereocenters. The Kier molecular flexibility index (Phi) is 5.95. The Morgan fingerprint density at radius 1 is 0.960 bits per heavy atom. The SMILES string of the molecule is CCC/C=C/[C@H]1CO[C@H](c2ccc(-c3ccc(F)c(F)c3)cc2)OC1. The third kappa shape index (κ3) is 4.53. The normalized spacial score (nSPS) is 20.9. The van der Waals surface area contributed by atoms with Crippen LogP contribution < -0.4 is 0 Å². The number of rotatable bonds is 5. The molecule has 0 bridgehead atoms. The van der Waals surface area contributed by atoms with Crippen molar-refractivity contribution in [1.29, 1.82) is 0 Å². The van der Waals surface area contributed by atoms with Crippen LogP contribution in [-0.4, -0.2) is 13.2 Å². The van der Waals surface area contributed by atoms with Crippen LogP contribution in [0.2, 0.25) is 0 Å². The molecule has 1 saturated heterocycles. The molecule has 0 saturated carbocycles. The van der Waals surface area contributed by atoms with Gasteiger partial charge in [-0.05, 0) is 29.7 Å². The minimum atomic E-state index is -0.845. The molecular weight excluding hydrogens is 322 g/mol. The van der Waals surface area contributed by atoms with Crippen molar-refractivity contribution >= 4 is 0 Å². The maximum Gasteiger partial charge on any atom is 0.183 e. The summed E-state index contributed by atoms with van der Waals surface area (Å²) in [5.41, 5.74) is 2.37. The third-order valence-electron chi connectivity index (χ3n) is 4.22. The van der Waals surface area contributed by atoms with E-state index in [-0.39, 0.29) is 6.29 Å². The molecule has 132 valence electrons. The Hall–Kier alpha value is -2.04. The molecule has 2 nitrogen and oxygen atoms in total. The van der Waals surface area contributed by atoms with Gasteiger partial charge in [0.2, 0.25) is 0 Å². The van der Waals surface area contributed by atoms with Crippen molar-refractivity contribution in [1.82, 2.24) is 0 Å². The van der Waals surface area contributed by atoms with E-state index < -0.39 is 11.6 Å². The first-order chi connectivity index (χ1) is 12.2. The predicted octanol–water partition coefficient (Wildman–Crippen LogP) is 5.65. The number of ether oxygens (including phenoxy) is 2. The van der Waals surface area contributed by atoms with Gasteiger partial charge in [-0.15, -0.1) is 0 Å². The van der Waals surface area contributed by atoms with E-state index in [1.807, 2.05) is 24.3 Å². The molecule has 0 radical (unpaired) electrons. The number of benzene rings is 2. The Morgan fingerprint density at radius 3 is 2.28 bits per heavy atom. The van der Waals surface area contributed by atoms with Gasteiger partial charge in [-0.1, -0.05) is 55.8 Å². The molecule has 0 amide bonds. The summed E-state index contributed by atoms with van der Waals surface area (Å²) in [5.74, 6) is -1.39. The van der Waals surface area contributed by atoms with Gasteiger partial charge in [0.25, 0.3) is 0 Å². The Bertz CT molecular complexity index is 717. The second-order valence-corrected chi connectivity index (χ2v) is 6.23. The van der Waals surface area contributed by atoms with Gasteiger partial charge < -0.3 is 9.47 Å². The lowest BCUT2D eigenvalue weighted by atomic mass is 10.0. The highest BCUT2D eigenvalue weighted by Crippen LogP contribution is 2.28. The van der Waals surface area contributed by atoms with Crippen LogP contribution in [0.25, 0.3) is 11.1 Å². The molecule has 0 atom stereocenters. The van der Waals surface area contributed by atoms with Crippen molar-refractivity contribution in [3.8, 4) is 11.1 Å². The van der Waals surface area contributed by atoms with E-state index in [1.54, 1.807) is 6.07 Å². The van der Waals surface area contributed by atoms with E-state index in [4.69, 9.17) is 9.47 Å². The van der Waals surface area contributed by atoms with Gasteiger partial charge in [0.15, 0.2) is 17.9 Å². The summed E-state index contributed by atoms with van der Waals surface area (Å²) in [4.78, 5) is 0. The molecule has 0 aromatic heterocycles. The van der Waals surface area contributed by atoms with Gasteiger partial charge in [0.1, 0.15) is 0 Å². The van der Waals surface area contributed by atoms with Crippen molar-refractivity contribution in [3.63, 3.8) is 0 Å². The maximum atomic E-state index is 13.4. The van der Waals surface area contributed by atoms with Crippen LogP contribution in [0.4, 0.5) is 8.78 Å². The van der Waals surface area contributed by atoms with Crippen LogP contribution >= 0.6 is 0 Å². The molecule has 2 aromatic carbocycles. The topological polar surface area (TPSA) is 18.5 Å². The largest absolute Gasteiger partial charge is 0.348 e. The van der Waals surface area contributed by atoms with Gasteiger partial charge >= 0.3 is 0 Å². The van der Waals surface area contributed by atoms with Gasteiger partial charge in [0.05, 0.1) is 13.2 Å². The molecule has 0 aliphatic carbocycles. The van der Waals surface area contributed by atoms with Crippen LogP contribution in [0.5, 0.6) is 0 Å². The lowest BCUT2D eigenvalue weighted by molar-refractivity contribution is -0.197. The van der Waals surface area contributed by atoms with E-state index in [0.717, 1.165) is 30.0 Å². The fraction of sp³-hybridized carbons (Fsp3) is 0.333. The van der Waals surface area contributed by atoms with E-state index in [2.05, 4.69) is 19.1 Å². The second kappa shape index (κ2) is 8.37. The lowest BCUT2D eigenvalue weighted by Crippen LogP contribution is -2.25. The minimum absolute atomic E-state index is 0.296. The fourth-order valence-corrected chi connectivity index (χ4v) is 2.79. The molecule has 1 fully saturated rings. The summed E-state index contributed by atoms with van der Waals surface area (Å²) in [5, 5.41) is 0. The first-order valence-corrected chi connectivity index (χ1v) is 8.62. The van der Waals surface area contributed by atoms with Gasteiger partial charge in [-0.3, -0.25) is 0 Å². The van der Waals surface area contributed by atoms with Crippen molar-refractivity contribution in [2.45, 2.75) is 26.1 Å². The van der Waals surface area contributed by atoms with E-state index in [9.17, 15) is 8.78 Å². The molecule has 1 heterocycles. The number of hydrogen-bond acceptors (Lipinski definition) is 2. The zero-order valence-electron chi connectivity index (χ0n) is 14.3. The molecule has 2 aromatic rings. The van der Waals surface area contributed by atoms with Crippen LogP contribution in [0.15, 0.2) is 54.6 Å². The van der Waals surface area contributed by atoms with Crippen LogP contribution in [0.1, 0.15) is 31.6 Å². The number of unbranched alkanes of at least 4 members (excludes halogenated alkanes) is 1. The van der Waals surface area contributed by atoms with Crippen LogP contribution in [-0.2, 0) is 9.47 Å². The molecule has 4 heteroatoms. The molecule has 25 heavy (non-hydrogen) atoms. The third-order valence-corrected chi connectivity index (χ3v) is 4.22. The lowest BCUT2D eigenvalue weighted by Gasteiger charge is -2.28. The Morgan fingerprint density at radius 2 is 1.64 bits per heavy atom. The van der Waals surface area contributed by atoms with Crippen LogP contribution in [0.3, 0.4) is 0 Å². The summed E-state index contributed by atoms with van der Waals surface area (Å²) >= 11 is 0. The first-order valence-electron chi connectivity index (χ1n) is 8.62. The standard InChI is InChI=1S/C21H22F2O2/c1-2-3-4-5-15-13-24-21(25-14-15)17-8-6-16(7-9-17)18-10-11-19(22)20(23)12-18/h4-12,15,21H,2-3,13-14H2,1H3/b5-4+/t15-,21-. The van der Waals surface area contributed by atoms with Gasteiger partial charge in [0, 0.05) is 11.5 Å².